The van der Waals surface area contributed by atoms with Crippen molar-refractivity contribution in [1.82, 2.24) is 4.90 Å². The summed E-state index contributed by atoms with van der Waals surface area (Å²) in [5.74, 6) is 0.239. The molecule has 3 fully saturated rings. The Labute approximate surface area is 192 Å². The predicted octanol–water partition coefficient (Wildman–Crippen LogP) is 1.98. The van der Waals surface area contributed by atoms with Gasteiger partial charge >= 0.3 is 6.09 Å². The van der Waals surface area contributed by atoms with Gasteiger partial charge in [0.2, 0.25) is 5.91 Å². The Morgan fingerprint density at radius 2 is 1.85 bits per heavy atom. The Balaban J connectivity index is 1.23. The zero-order valence-electron chi connectivity index (χ0n) is 18.7. The first kappa shape index (κ1) is 23.3. The number of nitrogens with two attached hydrogens (primary N) is 2. The van der Waals surface area contributed by atoms with Gasteiger partial charge in [0, 0.05) is 44.3 Å². The fourth-order valence-corrected chi connectivity index (χ4v) is 4.46. The second kappa shape index (κ2) is 10.4. The highest BCUT2D eigenvalue weighted by molar-refractivity contribution is 5.87. The van der Waals surface area contributed by atoms with Gasteiger partial charge in [0.05, 0.1) is 11.8 Å². The number of hydrogen-bond acceptors (Lipinski definition) is 5. The molecule has 0 bridgehead atoms. The largest absolute Gasteiger partial charge is 0.443 e. The molecule has 2 heterocycles. The number of nitrogens with zero attached hydrogens (tertiary/aromatic N) is 3. The summed E-state index contributed by atoms with van der Waals surface area (Å²) in [6.45, 7) is 3.36. The molecule has 0 aromatic heterocycles. The van der Waals surface area contributed by atoms with Crippen molar-refractivity contribution in [3.8, 4) is 0 Å². The molecule has 2 aliphatic heterocycles. The van der Waals surface area contributed by atoms with Crippen LogP contribution in [0.3, 0.4) is 0 Å². The number of benzene rings is 1. The van der Waals surface area contributed by atoms with Crippen molar-refractivity contribution in [1.29, 1.82) is 0 Å². The Bertz CT molecular complexity index is 895. The minimum Gasteiger partial charge on any atom is -0.443 e. The lowest BCUT2D eigenvalue weighted by Crippen LogP contribution is -2.40. The van der Waals surface area contributed by atoms with E-state index in [1.807, 2.05) is 9.80 Å². The number of halogens is 1. The van der Waals surface area contributed by atoms with E-state index in [2.05, 4.69) is 4.99 Å². The molecule has 1 saturated carbocycles. The molecule has 3 aliphatic rings. The number of aliphatic imine (C=N–C) groups is 1. The number of ether oxygens (including phenoxy) is 2. The van der Waals surface area contributed by atoms with E-state index in [0.717, 1.165) is 45.2 Å². The van der Waals surface area contributed by atoms with E-state index < -0.39 is 17.9 Å². The van der Waals surface area contributed by atoms with Crippen molar-refractivity contribution >= 4 is 23.6 Å². The lowest BCUT2D eigenvalue weighted by atomic mass is 9.97. The molecule has 0 spiro atoms. The molecule has 2 saturated heterocycles. The Hall–Kier alpha value is -2.88. The van der Waals surface area contributed by atoms with Crippen molar-refractivity contribution in [2.75, 3.05) is 37.7 Å². The van der Waals surface area contributed by atoms with Gasteiger partial charge in [-0.15, -0.1) is 4.99 Å². The third kappa shape index (κ3) is 6.13. The van der Waals surface area contributed by atoms with Crippen LogP contribution >= 0.6 is 0 Å². The molecular formula is C23H32FN5O4. The van der Waals surface area contributed by atoms with Crippen LogP contribution in [0.1, 0.15) is 37.7 Å². The number of guanidine groups is 1. The summed E-state index contributed by atoms with van der Waals surface area (Å²) in [5, 5.41) is 0. The Kier molecular flexibility index (Phi) is 7.32. The monoisotopic (exact) mass is 461 g/mol. The molecular weight excluding hydrogens is 429 g/mol. The summed E-state index contributed by atoms with van der Waals surface area (Å²) in [7, 11) is 0. The fourth-order valence-electron chi connectivity index (χ4n) is 4.46. The van der Waals surface area contributed by atoms with E-state index in [4.69, 9.17) is 20.9 Å². The van der Waals surface area contributed by atoms with Crippen molar-refractivity contribution in [2.45, 2.75) is 44.8 Å². The van der Waals surface area contributed by atoms with Gasteiger partial charge in [-0.2, -0.15) is 0 Å². The lowest BCUT2D eigenvalue weighted by molar-refractivity contribution is -0.134. The molecule has 10 heteroatoms. The van der Waals surface area contributed by atoms with E-state index in [-0.39, 0.29) is 24.2 Å². The van der Waals surface area contributed by atoms with Gasteiger partial charge in [0.1, 0.15) is 6.61 Å². The average Bonchev–Trinajstić information content (AvgIpc) is 3.54. The molecule has 1 aliphatic carbocycles. The van der Waals surface area contributed by atoms with Crippen LogP contribution in [0, 0.1) is 17.7 Å². The van der Waals surface area contributed by atoms with Crippen LogP contribution < -0.4 is 16.4 Å². The summed E-state index contributed by atoms with van der Waals surface area (Å²) >= 11 is 0. The fraction of sp³-hybridized carbons (Fsp3) is 0.609. The van der Waals surface area contributed by atoms with Crippen LogP contribution in [0.2, 0.25) is 0 Å². The van der Waals surface area contributed by atoms with Gasteiger partial charge in [0.25, 0.3) is 0 Å². The zero-order valence-corrected chi connectivity index (χ0v) is 18.7. The van der Waals surface area contributed by atoms with Gasteiger partial charge in [0.15, 0.2) is 11.8 Å². The van der Waals surface area contributed by atoms with E-state index in [1.54, 1.807) is 18.2 Å². The number of anilines is 1. The highest BCUT2D eigenvalue weighted by atomic mass is 19.1. The maximum Gasteiger partial charge on any atom is 0.437 e. The van der Waals surface area contributed by atoms with Crippen LogP contribution in [0.5, 0.6) is 0 Å². The highest BCUT2D eigenvalue weighted by Crippen LogP contribution is 2.33. The number of amides is 2. The van der Waals surface area contributed by atoms with E-state index in [9.17, 15) is 9.59 Å². The van der Waals surface area contributed by atoms with Crippen molar-refractivity contribution in [3.05, 3.63) is 29.6 Å². The van der Waals surface area contributed by atoms with Gasteiger partial charge in [-0.3, -0.25) is 4.79 Å². The second-order valence-electron chi connectivity index (χ2n) is 9.07. The topological polar surface area (TPSA) is 123 Å². The molecule has 180 valence electrons. The first-order valence-electron chi connectivity index (χ1n) is 11.6. The van der Waals surface area contributed by atoms with Crippen LogP contribution in [-0.4, -0.2) is 61.7 Å². The quantitative estimate of drug-likeness (QED) is 0.470. The van der Waals surface area contributed by atoms with Gasteiger partial charge in [-0.1, -0.05) is 12.1 Å². The molecule has 9 nitrogen and oxygen atoms in total. The maximum absolute atomic E-state index is 15.0. The van der Waals surface area contributed by atoms with Crippen LogP contribution in [-0.2, 0) is 20.9 Å². The Morgan fingerprint density at radius 1 is 1.09 bits per heavy atom. The number of piperidine rings is 1. The molecule has 0 radical (unpaired) electrons. The van der Waals surface area contributed by atoms with Gasteiger partial charge in [-0.25, -0.2) is 9.18 Å². The van der Waals surface area contributed by atoms with E-state index in [0.29, 0.717) is 37.2 Å². The summed E-state index contributed by atoms with van der Waals surface area (Å²) in [6, 6.07) is 5.00. The summed E-state index contributed by atoms with van der Waals surface area (Å²) in [5.41, 5.74) is 11.0. The van der Waals surface area contributed by atoms with Gasteiger partial charge < -0.3 is 30.7 Å². The third-order valence-corrected chi connectivity index (χ3v) is 6.54. The summed E-state index contributed by atoms with van der Waals surface area (Å²) in [4.78, 5) is 30.9. The average molecular weight is 462 g/mol. The molecule has 1 atom stereocenters. The Morgan fingerprint density at radius 3 is 2.55 bits per heavy atom. The summed E-state index contributed by atoms with van der Waals surface area (Å²) < 4.78 is 26.1. The van der Waals surface area contributed by atoms with E-state index >= 15 is 4.39 Å². The zero-order chi connectivity index (χ0) is 23.4. The standard InChI is InChI=1S/C23H32FN5O4/c24-20-17(14-33-23(31)27-22(25)26)2-1-3-19(20)29-11-8-18(12-29)32-13-15-6-9-28(10-7-15)21(30)16-4-5-16/h1-3,15-16,18H,4-14H2,(H4,25,26,27,31). The molecule has 4 N–H and O–H groups in total. The molecule has 1 unspecified atom stereocenters. The second-order valence-corrected chi connectivity index (χ2v) is 9.07. The first-order chi connectivity index (χ1) is 15.9. The lowest BCUT2D eigenvalue weighted by Gasteiger charge is -2.32. The highest BCUT2D eigenvalue weighted by Gasteiger charge is 2.35. The molecule has 33 heavy (non-hydrogen) atoms. The number of carbonyl (C=O) groups is 2. The van der Waals surface area contributed by atoms with Crippen molar-refractivity contribution < 1.29 is 23.5 Å². The number of likely N-dealkylation sites (tertiary alicyclic amines) is 1. The SMILES string of the molecule is NC(N)=NC(=O)OCc1cccc(N2CCC(OCC3CCN(C(=O)C4CC4)CC3)C2)c1F. The minimum atomic E-state index is -0.961. The molecule has 2 amide bonds. The summed E-state index contributed by atoms with van der Waals surface area (Å²) in [6.07, 6.45) is 3.95. The molecule has 4 rings (SSSR count). The first-order valence-corrected chi connectivity index (χ1v) is 11.6. The third-order valence-electron chi connectivity index (χ3n) is 6.54. The number of rotatable bonds is 7. The van der Waals surface area contributed by atoms with Crippen LogP contribution in [0.15, 0.2) is 23.2 Å². The molecule has 1 aromatic carbocycles. The van der Waals surface area contributed by atoms with Gasteiger partial charge in [-0.05, 0) is 44.1 Å². The van der Waals surface area contributed by atoms with Crippen LogP contribution in [0.4, 0.5) is 14.9 Å². The van der Waals surface area contributed by atoms with Crippen molar-refractivity contribution in [3.63, 3.8) is 0 Å². The molecule has 1 aromatic rings. The van der Waals surface area contributed by atoms with Crippen molar-refractivity contribution in [2.24, 2.45) is 28.3 Å². The smallest absolute Gasteiger partial charge is 0.437 e. The predicted molar refractivity (Wildman–Crippen MR) is 121 cm³/mol. The van der Waals surface area contributed by atoms with Crippen LogP contribution in [0.25, 0.3) is 0 Å². The van der Waals surface area contributed by atoms with E-state index in [1.165, 1.54) is 0 Å². The normalized spacial score (nSPS) is 21.2. The number of carbonyl (C=O) groups excluding carboxylic acids is 2. The minimum absolute atomic E-state index is 0.0406. The number of hydrogen-bond donors (Lipinski definition) is 2. The maximum atomic E-state index is 15.0.